The summed E-state index contributed by atoms with van der Waals surface area (Å²) in [5.41, 5.74) is 0.653. The number of carbonyl (C=O) groups is 1. The third-order valence-electron chi connectivity index (χ3n) is 4.46. The third kappa shape index (κ3) is 3.02. The maximum atomic E-state index is 12.5. The van der Waals surface area contributed by atoms with Crippen LogP contribution < -0.4 is 10.6 Å². The number of ether oxygens (including phenoxy) is 1. The maximum Gasteiger partial charge on any atom is 0.252 e. The van der Waals surface area contributed by atoms with Crippen LogP contribution >= 0.6 is 11.3 Å². The number of piperidine rings is 1. The van der Waals surface area contributed by atoms with Crippen molar-refractivity contribution in [1.82, 2.24) is 10.6 Å². The van der Waals surface area contributed by atoms with E-state index in [2.05, 4.69) is 40.3 Å². The number of thiophene rings is 1. The van der Waals surface area contributed by atoms with Gasteiger partial charge in [0.25, 0.3) is 5.91 Å². The van der Waals surface area contributed by atoms with Gasteiger partial charge in [0, 0.05) is 18.4 Å². The van der Waals surface area contributed by atoms with Crippen LogP contribution in [-0.4, -0.2) is 38.3 Å². The summed E-state index contributed by atoms with van der Waals surface area (Å²) in [5, 5.41) is 9.81. The second-order valence-corrected chi connectivity index (χ2v) is 6.62. The first kappa shape index (κ1) is 15.5. The van der Waals surface area contributed by atoms with Gasteiger partial charge in [-0.3, -0.25) is 4.79 Å². The van der Waals surface area contributed by atoms with E-state index in [1.807, 2.05) is 0 Å². The molecule has 1 aliphatic heterocycles. The molecule has 0 spiro atoms. The molecule has 0 saturated carbocycles. The zero-order valence-corrected chi connectivity index (χ0v) is 13.7. The molecule has 2 heterocycles. The fraction of sp³-hybridized carbons (Fsp3) is 0.471. The molecular formula is C17H22N2O2S. The highest BCUT2D eigenvalue weighted by Gasteiger charge is 2.39. The lowest BCUT2D eigenvalue weighted by atomic mass is 9.91. The van der Waals surface area contributed by atoms with Crippen molar-refractivity contribution in [2.45, 2.75) is 24.9 Å². The summed E-state index contributed by atoms with van der Waals surface area (Å²) in [4.78, 5) is 12.5. The summed E-state index contributed by atoms with van der Waals surface area (Å²) < 4.78 is 6.85. The fourth-order valence-corrected chi connectivity index (χ4v) is 4.05. The molecule has 1 aromatic heterocycles. The Morgan fingerprint density at radius 1 is 1.36 bits per heavy atom. The number of methoxy groups -OCH3 is 1. The lowest BCUT2D eigenvalue weighted by Gasteiger charge is -2.34. The van der Waals surface area contributed by atoms with Crippen molar-refractivity contribution in [1.29, 1.82) is 0 Å². The van der Waals surface area contributed by atoms with Crippen molar-refractivity contribution in [2.24, 2.45) is 0 Å². The van der Waals surface area contributed by atoms with E-state index in [0.29, 0.717) is 6.54 Å². The molecule has 2 aromatic rings. The van der Waals surface area contributed by atoms with Gasteiger partial charge < -0.3 is 15.4 Å². The van der Waals surface area contributed by atoms with Crippen LogP contribution in [0.1, 0.15) is 18.4 Å². The molecule has 1 fully saturated rings. The van der Waals surface area contributed by atoms with E-state index < -0.39 is 5.60 Å². The normalized spacial score (nSPS) is 17.5. The third-order valence-corrected chi connectivity index (χ3v) is 5.47. The average molecular weight is 318 g/mol. The van der Waals surface area contributed by atoms with E-state index in [4.69, 9.17) is 4.74 Å². The van der Waals surface area contributed by atoms with Crippen LogP contribution in [0, 0.1) is 0 Å². The average Bonchev–Trinajstić information content (AvgIpc) is 2.99. The molecule has 0 atom stereocenters. The van der Waals surface area contributed by atoms with Crippen LogP contribution in [0.4, 0.5) is 0 Å². The van der Waals surface area contributed by atoms with E-state index in [0.717, 1.165) is 32.4 Å². The highest BCUT2D eigenvalue weighted by atomic mass is 32.1. The maximum absolute atomic E-state index is 12.5. The Balaban J connectivity index is 1.59. The number of benzene rings is 1. The molecule has 22 heavy (non-hydrogen) atoms. The van der Waals surface area contributed by atoms with Crippen molar-refractivity contribution in [3.05, 3.63) is 35.2 Å². The van der Waals surface area contributed by atoms with E-state index in [-0.39, 0.29) is 5.91 Å². The van der Waals surface area contributed by atoms with Gasteiger partial charge in [0.1, 0.15) is 5.60 Å². The standard InChI is InChI=1S/C17H22N2O2S/c1-21-17(7-10-18-11-8-17)16(20)19-9-6-13-12-22-15-5-3-2-4-14(13)15/h2-5,12,18H,6-11H2,1H3,(H,19,20). The van der Waals surface area contributed by atoms with Gasteiger partial charge in [-0.1, -0.05) is 18.2 Å². The molecule has 1 amide bonds. The zero-order valence-electron chi connectivity index (χ0n) is 12.9. The molecule has 1 aromatic carbocycles. The lowest BCUT2D eigenvalue weighted by molar-refractivity contribution is -0.146. The first-order valence-corrected chi connectivity index (χ1v) is 8.62. The molecule has 4 nitrogen and oxygen atoms in total. The summed E-state index contributed by atoms with van der Waals surface area (Å²) in [5.74, 6) is 0.0241. The number of hydrogen-bond acceptors (Lipinski definition) is 4. The molecule has 0 radical (unpaired) electrons. The minimum atomic E-state index is -0.651. The molecule has 1 saturated heterocycles. The summed E-state index contributed by atoms with van der Waals surface area (Å²) in [6, 6.07) is 8.40. The van der Waals surface area contributed by atoms with Crippen LogP contribution in [0.3, 0.4) is 0 Å². The van der Waals surface area contributed by atoms with E-state index in [1.54, 1.807) is 18.4 Å². The van der Waals surface area contributed by atoms with Crippen molar-refractivity contribution < 1.29 is 9.53 Å². The van der Waals surface area contributed by atoms with Gasteiger partial charge in [0.2, 0.25) is 0 Å². The summed E-state index contributed by atoms with van der Waals surface area (Å²) >= 11 is 1.76. The van der Waals surface area contributed by atoms with Gasteiger partial charge in [-0.15, -0.1) is 11.3 Å². The van der Waals surface area contributed by atoms with Gasteiger partial charge in [-0.25, -0.2) is 0 Å². The molecule has 0 bridgehead atoms. The second kappa shape index (κ2) is 6.77. The first-order valence-electron chi connectivity index (χ1n) is 7.74. The molecule has 118 valence electrons. The quantitative estimate of drug-likeness (QED) is 0.889. The second-order valence-electron chi connectivity index (χ2n) is 5.71. The van der Waals surface area contributed by atoms with Gasteiger partial charge in [0.15, 0.2) is 0 Å². The van der Waals surface area contributed by atoms with Crippen molar-refractivity contribution in [2.75, 3.05) is 26.7 Å². The molecule has 1 aliphatic rings. The van der Waals surface area contributed by atoms with Crippen LogP contribution in [0.5, 0.6) is 0 Å². The number of hydrogen-bond donors (Lipinski definition) is 2. The van der Waals surface area contributed by atoms with Gasteiger partial charge in [0.05, 0.1) is 0 Å². The van der Waals surface area contributed by atoms with Crippen molar-refractivity contribution in [3.63, 3.8) is 0 Å². The molecule has 2 N–H and O–H groups in total. The van der Waals surface area contributed by atoms with E-state index in [1.165, 1.54) is 15.6 Å². The van der Waals surface area contributed by atoms with Crippen LogP contribution in [0.15, 0.2) is 29.6 Å². The predicted molar refractivity (Wildman–Crippen MR) is 90.4 cm³/mol. The van der Waals surface area contributed by atoms with Gasteiger partial charge in [-0.05, 0) is 54.7 Å². The van der Waals surface area contributed by atoms with Crippen LogP contribution in [0.2, 0.25) is 0 Å². The number of fused-ring (bicyclic) bond motifs is 1. The van der Waals surface area contributed by atoms with Gasteiger partial charge >= 0.3 is 0 Å². The Kier molecular flexibility index (Phi) is 4.76. The molecule has 0 unspecified atom stereocenters. The number of carbonyl (C=O) groups excluding carboxylic acids is 1. The Hall–Kier alpha value is -1.43. The van der Waals surface area contributed by atoms with E-state index in [9.17, 15) is 4.79 Å². The molecular weight excluding hydrogens is 296 g/mol. The fourth-order valence-electron chi connectivity index (χ4n) is 3.05. The Morgan fingerprint density at radius 2 is 2.14 bits per heavy atom. The highest BCUT2D eigenvalue weighted by molar-refractivity contribution is 7.17. The Morgan fingerprint density at radius 3 is 2.91 bits per heavy atom. The first-order chi connectivity index (χ1) is 10.7. The summed E-state index contributed by atoms with van der Waals surface area (Å²) in [6.07, 6.45) is 2.32. The van der Waals surface area contributed by atoms with Crippen LogP contribution in [0.25, 0.3) is 10.1 Å². The van der Waals surface area contributed by atoms with Gasteiger partial charge in [-0.2, -0.15) is 0 Å². The van der Waals surface area contributed by atoms with Crippen molar-refractivity contribution in [3.8, 4) is 0 Å². The zero-order chi connectivity index (χ0) is 15.4. The number of rotatable bonds is 5. The largest absolute Gasteiger partial charge is 0.368 e. The topological polar surface area (TPSA) is 50.4 Å². The predicted octanol–water partition coefficient (Wildman–Crippen LogP) is 2.33. The monoisotopic (exact) mass is 318 g/mol. The minimum Gasteiger partial charge on any atom is -0.368 e. The van der Waals surface area contributed by atoms with Crippen molar-refractivity contribution >= 4 is 27.3 Å². The highest BCUT2D eigenvalue weighted by Crippen LogP contribution is 2.26. The Bertz CT molecular complexity index is 647. The number of amides is 1. The Labute approximate surface area is 134 Å². The molecule has 5 heteroatoms. The van der Waals surface area contributed by atoms with E-state index >= 15 is 0 Å². The summed E-state index contributed by atoms with van der Waals surface area (Å²) in [7, 11) is 1.64. The lowest BCUT2D eigenvalue weighted by Crippen LogP contribution is -2.54. The number of nitrogens with one attached hydrogen (secondary N) is 2. The molecule has 3 rings (SSSR count). The van der Waals surface area contributed by atoms with Crippen LogP contribution in [-0.2, 0) is 16.0 Å². The molecule has 0 aliphatic carbocycles. The minimum absolute atomic E-state index is 0.0241. The summed E-state index contributed by atoms with van der Waals surface area (Å²) in [6.45, 7) is 2.31. The smallest absolute Gasteiger partial charge is 0.252 e. The SMILES string of the molecule is COC1(C(=O)NCCc2csc3ccccc23)CCNCC1.